The highest BCUT2D eigenvalue weighted by Gasteiger charge is 2.18. The lowest BCUT2D eigenvalue weighted by molar-refractivity contribution is 0.593. The molecule has 0 aliphatic heterocycles. The number of hydrogen-bond donors (Lipinski definition) is 0. The zero-order valence-corrected chi connectivity index (χ0v) is 17.7. The molecule has 0 bridgehead atoms. The molecule has 0 aliphatic carbocycles. The molecular formula is C25H32N2. The van der Waals surface area contributed by atoms with Gasteiger partial charge in [0.25, 0.3) is 0 Å². The first-order valence-electron chi connectivity index (χ1n) is 9.78. The third-order valence-corrected chi connectivity index (χ3v) is 5.29. The Bertz CT molecular complexity index is 1060. The zero-order valence-electron chi connectivity index (χ0n) is 17.7. The first-order valence-corrected chi connectivity index (χ1v) is 9.78. The Hall–Kier alpha value is -2.48. The molecule has 0 radical (unpaired) electrons. The van der Waals surface area contributed by atoms with Gasteiger partial charge in [-0.2, -0.15) is 0 Å². The largest absolute Gasteiger partial charge is 0.351 e. The maximum atomic E-state index is 2.26. The highest BCUT2D eigenvalue weighted by molar-refractivity contribution is 5.85. The van der Waals surface area contributed by atoms with Crippen molar-refractivity contribution in [2.75, 3.05) is 0 Å². The van der Waals surface area contributed by atoms with Crippen LogP contribution in [0.2, 0.25) is 0 Å². The fraction of sp³-hybridized carbons (Fsp3) is 0.360. The van der Waals surface area contributed by atoms with Crippen molar-refractivity contribution in [2.24, 2.45) is 14.1 Å². The molecule has 0 spiro atoms. The van der Waals surface area contributed by atoms with Crippen LogP contribution in [0.15, 0.2) is 60.9 Å². The van der Waals surface area contributed by atoms with Crippen LogP contribution in [-0.4, -0.2) is 9.13 Å². The lowest BCUT2D eigenvalue weighted by atomic mass is 9.87. The maximum Gasteiger partial charge on any atom is 0.0480 e. The fourth-order valence-electron chi connectivity index (χ4n) is 3.77. The first-order chi connectivity index (χ1) is 12.7. The minimum Gasteiger partial charge on any atom is -0.351 e. The number of benzene rings is 2. The normalized spacial score (nSPS) is 11.9. The molecule has 2 aromatic carbocycles. The molecule has 0 amide bonds. The van der Waals surface area contributed by atoms with Crippen LogP contribution in [0.4, 0.5) is 0 Å². The molecule has 2 heteroatoms. The molecule has 0 aliphatic rings. The van der Waals surface area contributed by atoms with Gasteiger partial charge in [-0.25, -0.2) is 0 Å². The average molecular weight is 361 g/mol. The van der Waals surface area contributed by atoms with Crippen molar-refractivity contribution in [3.63, 3.8) is 0 Å². The summed E-state index contributed by atoms with van der Waals surface area (Å²) < 4.78 is 4.37. The van der Waals surface area contributed by atoms with Crippen LogP contribution in [-0.2, 0) is 19.5 Å². The SMILES string of the molecule is CC(C)c1cccc2c1ccn2C.Cn1cc(C(C)(C)C)c2ccccc21. The average Bonchev–Trinajstić information content (AvgIpc) is 3.16. The monoisotopic (exact) mass is 360 g/mol. The second-order valence-corrected chi connectivity index (χ2v) is 8.78. The molecule has 4 aromatic rings. The minimum atomic E-state index is 0.223. The summed E-state index contributed by atoms with van der Waals surface area (Å²) in [6.07, 6.45) is 4.36. The summed E-state index contributed by atoms with van der Waals surface area (Å²) in [4.78, 5) is 0. The summed E-state index contributed by atoms with van der Waals surface area (Å²) in [5.74, 6) is 0.603. The molecule has 142 valence electrons. The zero-order chi connectivity index (χ0) is 19.8. The number of para-hydroxylation sites is 1. The first kappa shape index (κ1) is 19.3. The molecule has 2 aromatic heterocycles. The Balaban J connectivity index is 0.000000156. The van der Waals surface area contributed by atoms with Gasteiger partial charge in [-0.1, -0.05) is 65.0 Å². The molecule has 2 nitrogen and oxygen atoms in total. The molecule has 0 fully saturated rings. The number of fused-ring (bicyclic) bond motifs is 2. The van der Waals surface area contributed by atoms with E-state index in [0.29, 0.717) is 5.92 Å². The molecular weight excluding hydrogens is 328 g/mol. The molecule has 2 heterocycles. The number of aryl methyl sites for hydroxylation is 2. The molecule has 0 unspecified atom stereocenters. The van der Waals surface area contributed by atoms with Crippen LogP contribution in [0.1, 0.15) is 51.7 Å². The number of aromatic nitrogens is 2. The van der Waals surface area contributed by atoms with E-state index in [9.17, 15) is 0 Å². The van der Waals surface area contributed by atoms with Gasteiger partial charge in [0.2, 0.25) is 0 Å². The van der Waals surface area contributed by atoms with Crippen molar-refractivity contribution in [1.82, 2.24) is 9.13 Å². The molecule has 0 N–H and O–H groups in total. The highest BCUT2D eigenvalue weighted by atomic mass is 14.9. The smallest absolute Gasteiger partial charge is 0.0480 e. The molecule has 0 atom stereocenters. The molecule has 0 saturated carbocycles. The van der Waals surface area contributed by atoms with Crippen LogP contribution >= 0.6 is 0 Å². The van der Waals surface area contributed by atoms with E-state index < -0.39 is 0 Å². The van der Waals surface area contributed by atoms with Gasteiger partial charge >= 0.3 is 0 Å². The van der Waals surface area contributed by atoms with Crippen LogP contribution < -0.4 is 0 Å². The van der Waals surface area contributed by atoms with E-state index in [4.69, 9.17) is 0 Å². The van der Waals surface area contributed by atoms with E-state index in [1.165, 1.54) is 32.9 Å². The summed E-state index contributed by atoms with van der Waals surface area (Å²) in [5.41, 5.74) is 5.73. The minimum absolute atomic E-state index is 0.223. The lowest BCUT2D eigenvalue weighted by Gasteiger charge is -2.17. The van der Waals surface area contributed by atoms with Gasteiger partial charge in [0.05, 0.1) is 0 Å². The number of nitrogens with zero attached hydrogens (tertiary/aromatic N) is 2. The second-order valence-electron chi connectivity index (χ2n) is 8.78. The Morgan fingerprint density at radius 1 is 0.741 bits per heavy atom. The van der Waals surface area contributed by atoms with Crippen molar-refractivity contribution in [3.8, 4) is 0 Å². The van der Waals surface area contributed by atoms with Gasteiger partial charge < -0.3 is 9.13 Å². The standard InChI is InChI=1S/C13H17N.C12H15N/c1-13(2,3)11-9-14(4)12-8-6-5-7-10(11)12;1-9(2)10-5-4-6-12-11(10)7-8-13(12)3/h5-9H,1-4H3;4-9H,1-3H3. The predicted octanol–water partition coefficient (Wildman–Crippen LogP) is 6.78. The quantitative estimate of drug-likeness (QED) is 0.354. The molecule has 27 heavy (non-hydrogen) atoms. The van der Waals surface area contributed by atoms with Gasteiger partial charge in [-0.15, -0.1) is 0 Å². The van der Waals surface area contributed by atoms with Crippen molar-refractivity contribution in [3.05, 3.63) is 72.1 Å². The van der Waals surface area contributed by atoms with E-state index in [1.807, 2.05) is 0 Å². The van der Waals surface area contributed by atoms with Crippen LogP contribution in [0.5, 0.6) is 0 Å². The van der Waals surface area contributed by atoms with Gasteiger partial charge in [0.1, 0.15) is 0 Å². The summed E-state index contributed by atoms with van der Waals surface area (Å²) in [6, 6.07) is 17.3. The topological polar surface area (TPSA) is 9.86 Å². The van der Waals surface area contributed by atoms with Crippen molar-refractivity contribution >= 4 is 21.8 Å². The van der Waals surface area contributed by atoms with Crippen LogP contribution in [0.3, 0.4) is 0 Å². The van der Waals surface area contributed by atoms with E-state index >= 15 is 0 Å². The predicted molar refractivity (Wildman–Crippen MR) is 119 cm³/mol. The highest BCUT2D eigenvalue weighted by Crippen LogP contribution is 2.30. The molecule has 4 rings (SSSR count). The lowest BCUT2D eigenvalue weighted by Crippen LogP contribution is -2.10. The Morgan fingerprint density at radius 2 is 1.37 bits per heavy atom. The van der Waals surface area contributed by atoms with Crippen molar-refractivity contribution in [1.29, 1.82) is 0 Å². The maximum absolute atomic E-state index is 2.26. The van der Waals surface area contributed by atoms with E-state index in [-0.39, 0.29) is 5.41 Å². The Labute approximate surface area is 163 Å². The Morgan fingerprint density at radius 3 is 2.04 bits per heavy atom. The number of hydrogen-bond acceptors (Lipinski definition) is 0. The Kier molecular flexibility index (Phi) is 5.19. The summed E-state index contributed by atoms with van der Waals surface area (Å²) in [6.45, 7) is 11.3. The summed E-state index contributed by atoms with van der Waals surface area (Å²) in [5, 5.41) is 2.77. The second kappa shape index (κ2) is 7.26. The summed E-state index contributed by atoms with van der Waals surface area (Å²) >= 11 is 0. The molecule has 0 saturated heterocycles. The number of rotatable bonds is 1. The van der Waals surface area contributed by atoms with E-state index in [0.717, 1.165) is 0 Å². The van der Waals surface area contributed by atoms with Gasteiger partial charge in [0.15, 0.2) is 0 Å². The van der Waals surface area contributed by atoms with E-state index in [2.05, 4.69) is 119 Å². The van der Waals surface area contributed by atoms with Crippen molar-refractivity contribution < 1.29 is 0 Å². The fourth-order valence-corrected chi connectivity index (χ4v) is 3.77. The van der Waals surface area contributed by atoms with Crippen molar-refractivity contribution in [2.45, 2.75) is 46.0 Å². The third kappa shape index (κ3) is 3.80. The van der Waals surface area contributed by atoms with E-state index in [1.54, 1.807) is 0 Å². The van der Waals surface area contributed by atoms with Gasteiger partial charge in [0, 0.05) is 48.3 Å². The van der Waals surface area contributed by atoms with Gasteiger partial charge in [-0.3, -0.25) is 0 Å². The third-order valence-electron chi connectivity index (χ3n) is 5.29. The van der Waals surface area contributed by atoms with Crippen LogP contribution in [0.25, 0.3) is 21.8 Å². The summed E-state index contributed by atoms with van der Waals surface area (Å²) in [7, 11) is 4.20. The van der Waals surface area contributed by atoms with Crippen LogP contribution in [0, 0.1) is 0 Å². The van der Waals surface area contributed by atoms with Gasteiger partial charge in [-0.05, 0) is 40.7 Å².